The Bertz CT molecular complexity index is 598. The van der Waals surface area contributed by atoms with Crippen molar-refractivity contribution in [3.63, 3.8) is 0 Å². The maximum atomic E-state index is 12.4. The fourth-order valence-corrected chi connectivity index (χ4v) is 1.76. The van der Waals surface area contributed by atoms with Gasteiger partial charge in [0.1, 0.15) is 11.1 Å². The van der Waals surface area contributed by atoms with Crippen LogP contribution in [0.1, 0.15) is 36.6 Å². The second kappa shape index (κ2) is 3.13. The highest BCUT2D eigenvalue weighted by molar-refractivity contribution is 5.76. The molecule has 16 heavy (non-hydrogen) atoms. The highest BCUT2D eigenvalue weighted by atomic mass is 19.3. The normalized spacial score (nSPS) is 16.2. The lowest BCUT2D eigenvalue weighted by molar-refractivity contribution is 0.146. The van der Waals surface area contributed by atoms with Crippen LogP contribution in [0.15, 0.2) is 15.4 Å². The Kier molecular flexibility index (Phi) is 1.86. The fourth-order valence-electron chi connectivity index (χ4n) is 1.76. The van der Waals surface area contributed by atoms with Crippen LogP contribution in [-0.2, 0) is 0 Å². The van der Waals surface area contributed by atoms with Crippen molar-refractivity contribution < 1.29 is 13.3 Å². The van der Waals surface area contributed by atoms with Crippen molar-refractivity contribution in [2.45, 2.75) is 25.2 Å². The number of hydrogen-bond acceptors (Lipinski definition) is 3. The van der Waals surface area contributed by atoms with E-state index in [0.29, 0.717) is 11.1 Å². The molecule has 0 spiro atoms. The van der Waals surface area contributed by atoms with Crippen LogP contribution in [-0.4, -0.2) is 10.1 Å². The molecule has 2 aromatic heterocycles. The number of H-pyrrole nitrogens is 1. The molecule has 6 heteroatoms. The van der Waals surface area contributed by atoms with Crippen LogP contribution in [0.4, 0.5) is 8.78 Å². The molecule has 2 aromatic rings. The number of halogens is 2. The Morgan fingerprint density at radius 2 is 2.25 bits per heavy atom. The van der Waals surface area contributed by atoms with Crippen LogP contribution in [0.5, 0.6) is 0 Å². The largest absolute Gasteiger partial charge is 0.337 e. The van der Waals surface area contributed by atoms with Crippen molar-refractivity contribution in [2.75, 3.05) is 0 Å². The first-order valence-electron chi connectivity index (χ1n) is 4.97. The molecule has 0 saturated heterocycles. The third kappa shape index (κ3) is 1.33. The monoisotopic (exact) mass is 226 g/mol. The molecular formula is C10H8F2N2O2. The van der Waals surface area contributed by atoms with E-state index >= 15 is 0 Å². The van der Waals surface area contributed by atoms with Crippen LogP contribution < -0.4 is 5.43 Å². The second-order valence-corrected chi connectivity index (χ2v) is 3.94. The van der Waals surface area contributed by atoms with Gasteiger partial charge in [0.05, 0.1) is 5.69 Å². The summed E-state index contributed by atoms with van der Waals surface area (Å²) in [7, 11) is 0. The van der Waals surface area contributed by atoms with Gasteiger partial charge in [-0.15, -0.1) is 0 Å². The van der Waals surface area contributed by atoms with Gasteiger partial charge in [0.2, 0.25) is 5.71 Å². The summed E-state index contributed by atoms with van der Waals surface area (Å²) >= 11 is 0. The molecule has 0 bridgehead atoms. The molecule has 0 amide bonds. The summed E-state index contributed by atoms with van der Waals surface area (Å²) in [6, 6.07) is 0.913. The average Bonchev–Trinajstić information content (AvgIpc) is 2.98. The van der Waals surface area contributed by atoms with Crippen molar-refractivity contribution >= 4 is 11.1 Å². The molecule has 0 aromatic carbocycles. The average molecular weight is 226 g/mol. The number of hydrogen-bond donors (Lipinski definition) is 1. The number of alkyl halides is 2. The van der Waals surface area contributed by atoms with E-state index in [2.05, 4.69) is 10.1 Å². The Morgan fingerprint density at radius 3 is 2.88 bits per heavy atom. The van der Waals surface area contributed by atoms with Crippen molar-refractivity contribution in [3.05, 3.63) is 27.7 Å². The minimum absolute atomic E-state index is 0.0460. The molecule has 0 aliphatic heterocycles. The molecule has 4 nitrogen and oxygen atoms in total. The minimum Gasteiger partial charge on any atom is -0.337 e. The molecule has 3 rings (SSSR count). The van der Waals surface area contributed by atoms with Crippen LogP contribution >= 0.6 is 0 Å². The summed E-state index contributed by atoms with van der Waals surface area (Å²) in [5.74, 6) is 0.250. The number of aromatic nitrogens is 2. The van der Waals surface area contributed by atoms with Crippen molar-refractivity contribution in [1.29, 1.82) is 0 Å². The Morgan fingerprint density at radius 1 is 1.50 bits per heavy atom. The van der Waals surface area contributed by atoms with Crippen LogP contribution in [0, 0.1) is 0 Å². The third-order valence-corrected chi connectivity index (χ3v) is 2.71. The van der Waals surface area contributed by atoms with E-state index in [1.54, 1.807) is 0 Å². The van der Waals surface area contributed by atoms with E-state index in [-0.39, 0.29) is 11.6 Å². The van der Waals surface area contributed by atoms with Gasteiger partial charge < -0.3 is 9.51 Å². The quantitative estimate of drug-likeness (QED) is 0.854. The van der Waals surface area contributed by atoms with Gasteiger partial charge in [-0.1, -0.05) is 5.16 Å². The molecule has 1 aliphatic carbocycles. The Balaban J connectivity index is 2.26. The Labute approximate surface area is 88.2 Å². The van der Waals surface area contributed by atoms with Crippen LogP contribution in [0.3, 0.4) is 0 Å². The molecule has 0 atom stereocenters. The van der Waals surface area contributed by atoms with Gasteiger partial charge in [-0.3, -0.25) is 4.79 Å². The molecule has 84 valence electrons. The first-order valence-corrected chi connectivity index (χ1v) is 4.97. The van der Waals surface area contributed by atoms with Gasteiger partial charge >= 0.3 is 0 Å². The molecule has 1 aliphatic rings. The van der Waals surface area contributed by atoms with Gasteiger partial charge in [-0.05, 0) is 12.8 Å². The highest BCUT2D eigenvalue weighted by Crippen LogP contribution is 2.41. The summed E-state index contributed by atoms with van der Waals surface area (Å²) in [5, 5.41) is 4.08. The zero-order chi connectivity index (χ0) is 11.3. The molecule has 1 fully saturated rings. The topological polar surface area (TPSA) is 58.9 Å². The summed E-state index contributed by atoms with van der Waals surface area (Å²) in [6.07, 6.45) is -0.776. The maximum absolute atomic E-state index is 12.4. The highest BCUT2D eigenvalue weighted by Gasteiger charge is 2.30. The van der Waals surface area contributed by atoms with E-state index in [0.717, 1.165) is 18.9 Å². The summed E-state index contributed by atoms with van der Waals surface area (Å²) < 4.78 is 29.7. The molecule has 0 radical (unpaired) electrons. The molecule has 1 saturated carbocycles. The first-order chi connectivity index (χ1) is 7.66. The third-order valence-electron chi connectivity index (χ3n) is 2.71. The van der Waals surface area contributed by atoms with Gasteiger partial charge in [0.25, 0.3) is 6.43 Å². The predicted octanol–water partition coefficient (Wildman–Crippen LogP) is 2.33. The maximum Gasteiger partial charge on any atom is 0.278 e. The summed E-state index contributed by atoms with van der Waals surface area (Å²) in [6.45, 7) is 0. The standard InChI is InChI=1S/C10H8F2N2O2/c11-9(12)5-3-6(15)7-8(4-1-2-4)14-16-10(7)13-5/h3-4,9H,1-2H2,(H,13,15). The lowest BCUT2D eigenvalue weighted by Crippen LogP contribution is -2.05. The van der Waals surface area contributed by atoms with Crippen LogP contribution in [0.25, 0.3) is 11.1 Å². The molecule has 2 heterocycles. The smallest absolute Gasteiger partial charge is 0.278 e. The Hall–Kier alpha value is -1.72. The lowest BCUT2D eigenvalue weighted by Gasteiger charge is -1.98. The number of nitrogens with one attached hydrogen (secondary N) is 1. The first kappa shape index (κ1) is 9.50. The minimum atomic E-state index is -2.72. The molecule has 1 N–H and O–H groups in total. The van der Waals surface area contributed by atoms with Crippen molar-refractivity contribution in [1.82, 2.24) is 10.1 Å². The van der Waals surface area contributed by atoms with Crippen molar-refractivity contribution in [2.24, 2.45) is 0 Å². The number of rotatable bonds is 2. The van der Waals surface area contributed by atoms with E-state index in [9.17, 15) is 13.6 Å². The summed E-state index contributed by atoms with van der Waals surface area (Å²) in [4.78, 5) is 14.1. The van der Waals surface area contributed by atoms with E-state index in [1.165, 1.54) is 0 Å². The van der Waals surface area contributed by atoms with Crippen molar-refractivity contribution in [3.8, 4) is 0 Å². The zero-order valence-electron chi connectivity index (χ0n) is 8.17. The van der Waals surface area contributed by atoms with Gasteiger partial charge in [-0.2, -0.15) is 0 Å². The van der Waals surface area contributed by atoms with Crippen LogP contribution in [0.2, 0.25) is 0 Å². The fraction of sp³-hybridized carbons (Fsp3) is 0.400. The number of aromatic amines is 1. The zero-order valence-corrected chi connectivity index (χ0v) is 8.17. The van der Waals surface area contributed by atoms with Gasteiger partial charge in [0.15, 0.2) is 5.43 Å². The van der Waals surface area contributed by atoms with Gasteiger partial charge in [-0.25, -0.2) is 8.78 Å². The van der Waals surface area contributed by atoms with Gasteiger partial charge in [0, 0.05) is 12.0 Å². The van der Waals surface area contributed by atoms with E-state index < -0.39 is 17.5 Å². The lowest BCUT2D eigenvalue weighted by atomic mass is 10.2. The SMILES string of the molecule is O=c1cc(C(F)F)[nH]c2onc(C3CC3)c12. The summed E-state index contributed by atoms with van der Waals surface area (Å²) in [5.41, 5.74) is -0.245. The number of fused-ring (bicyclic) bond motifs is 1. The predicted molar refractivity (Wildman–Crippen MR) is 51.6 cm³/mol. The van der Waals surface area contributed by atoms with E-state index in [4.69, 9.17) is 4.52 Å². The number of nitrogens with zero attached hydrogens (tertiary/aromatic N) is 1. The van der Waals surface area contributed by atoms with E-state index in [1.807, 2.05) is 0 Å². The number of pyridine rings is 1. The second-order valence-electron chi connectivity index (χ2n) is 3.94. The molecule has 0 unspecified atom stereocenters. The molecular weight excluding hydrogens is 218 g/mol.